The molecule has 3 aromatic rings. The molecule has 0 bridgehead atoms. The molecule has 0 amide bonds. The summed E-state index contributed by atoms with van der Waals surface area (Å²) in [5.74, 6) is 0.723. The van der Waals surface area contributed by atoms with E-state index in [1.54, 1.807) is 27.2 Å². The van der Waals surface area contributed by atoms with Gasteiger partial charge in [-0.2, -0.15) is 9.61 Å². The van der Waals surface area contributed by atoms with Crippen molar-refractivity contribution in [2.45, 2.75) is 77.0 Å². The first-order chi connectivity index (χ1) is 12.8. The maximum absolute atomic E-state index is 13.1. The fourth-order valence-corrected chi connectivity index (χ4v) is 6.95. The molecule has 6 heteroatoms. The summed E-state index contributed by atoms with van der Waals surface area (Å²) in [6.45, 7) is 0. The van der Waals surface area contributed by atoms with Gasteiger partial charge in [-0.25, -0.2) is 4.98 Å². The molecule has 2 aliphatic rings. The lowest BCUT2D eigenvalue weighted by Gasteiger charge is -2.17. The molecule has 0 aromatic carbocycles. The lowest BCUT2D eigenvalue weighted by atomic mass is 9.89. The first kappa shape index (κ1) is 16.9. The van der Waals surface area contributed by atoms with Crippen molar-refractivity contribution >= 4 is 37.9 Å². The van der Waals surface area contributed by atoms with Crippen molar-refractivity contribution in [2.75, 3.05) is 0 Å². The molecule has 0 radical (unpaired) electrons. The van der Waals surface area contributed by atoms with Crippen LogP contribution in [0.3, 0.4) is 0 Å². The fraction of sp³-hybridized carbons (Fsp3) is 0.650. The molecule has 0 saturated heterocycles. The summed E-state index contributed by atoms with van der Waals surface area (Å²) in [5.41, 5.74) is 1.32. The SMILES string of the molecule is O=c1c2c3c(sc2nc2sc(CC4CCCCCCC4)nn12)CCCC3. The molecule has 0 N–H and O–H groups in total. The summed E-state index contributed by atoms with van der Waals surface area (Å²) in [6, 6.07) is 0. The Morgan fingerprint density at radius 1 is 0.962 bits per heavy atom. The van der Waals surface area contributed by atoms with Crippen LogP contribution in [-0.2, 0) is 19.3 Å². The highest BCUT2D eigenvalue weighted by Gasteiger charge is 2.22. The molecule has 26 heavy (non-hydrogen) atoms. The van der Waals surface area contributed by atoms with Crippen molar-refractivity contribution in [3.63, 3.8) is 0 Å². The van der Waals surface area contributed by atoms with Crippen LogP contribution in [0.25, 0.3) is 15.2 Å². The Bertz CT molecular complexity index is 992. The lowest BCUT2D eigenvalue weighted by Crippen LogP contribution is -2.16. The Hall–Kier alpha value is -1.27. The third-order valence-electron chi connectivity index (χ3n) is 6.05. The van der Waals surface area contributed by atoms with Gasteiger partial charge < -0.3 is 0 Å². The van der Waals surface area contributed by atoms with E-state index in [1.807, 2.05) is 0 Å². The van der Waals surface area contributed by atoms with Crippen molar-refractivity contribution in [2.24, 2.45) is 5.92 Å². The Morgan fingerprint density at radius 2 is 1.73 bits per heavy atom. The van der Waals surface area contributed by atoms with Crippen LogP contribution in [-0.4, -0.2) is 14.6 Å². The summed E-state index contributed by atoms with van der Waals surface area (Å²) in [6.07, 6.45) is 15.0. The van der Waals surface area contributed by atoms with E-state index in [0.717, 1.165) is 45.4 Å². The van der Waals surface area contributed by atoms with E-state index in [2.05, 4.69) is 0 Å². The van der Waals surface area contributed by atoms with Crippen molar-refractivity contribution in [1.82, 2.24) is 14.6 Å². The number of thiophene rings is 1. The summed E-state index contributed by atoms with van der Waals surface area (Å²) in [5, 5.41) is 6.65. The summed E-state index contributed by atoms with van der Waals surface area (Å²) in [4.78, 5) is 21.0. The topological polar surface area (TPSA) is 47.3 Å². The van der Waals surface area contributed by atoms with Gasteiger partial charge in [-0.3, -0.25) is 4.79 Å². The highest BCUT2D eigenvalue weighted by atomic mass is 32.1. The van der Waals surface area contributed by atoms with E-state index in [-0.39, 0.29) is 5.56 Å². The minimum absolute atomic E-state index is 0.0598. The second kappa shape index (κ2) is 7.04. The molecule has 3 aromatic heterocycles. The summed E-state index contributed by atoms with van der Waals surface area (Å²) < 4.78 is 1.59. The monoisotopic (exact) mass is 387 g/mol. The largest absolute Gasteiger partial charge is 0.284 e. The maximum atomic E-state index is 13.1. The van der Waals surface area contributed by atoms with Crippen LogP contribution in [0.2, 0.25) is 0 Å². The van der Waals surface area contributed by atoms with Gasteiger partial charge in [-0.05, 0) is 37.2 Å². The quantitative estimate of drug-likeness (QED) is 0.611. The number of fused-ring (bicyclic) bond motifs is 4. The summed E-state index contributed by atoms with van der Waals surface area (Å²) >= 11 is 3.36. The van der Waals surface area contributed by atoms with Gasteiger partial charge in [0, 0.05) is 11.3 Å². The molecule has 138 valence electrons. The van der Waals surface area contributed by atoms with Crippen molar-refractivity contribution in [3.05, 3.63) is 25.8 Å². The van der Waals surface area contributed by atoms with E-state index in [9.17, 15) is 4.79 Å². The smallest absolute Gasteiger partial charge is 0.266 e. The van der Waals surface area contributed by atoms with Crippen molar-refractivity contribution < 1.29 is 0 Å². The zero-order valence-electron chi connectivity index (χ0n) is 15.1. The van der Waals surface area contributed by atoms with E-state index >= 15 is 0 Å². The highest BCUT2D eigenvalue weighted by Crippen LogP contribution is 2.34. The van der Waals surface area contributed by atoms with Crippen LogP contribution in [0.5, 0.6) is 0 Å². The van der Waals surface area contributed by atoms with Crippen LogP contribution in [0.4, 0.5) is 0 Å². The van der Waals surface area contributed by atoms with Gasteiger partial charge in [0.15, 0.2) is 0 Å². The second-order valence-corrected chi connectivity index (χ2v) is 10.0. The van der Waals surface area contributed by atoms with Crippen molar-refractivity contribution in [1.29, 1.82) is 0 Å². The lowest BCUT2D eigenvalue weighted by molar-refractivity contribution is 0.375. The summed E-state index contributed by atoms with van der Waals surface area (Å²) in [7, 11) is 0. The van der Waals surface area contributed by atoms with E-state index in [4.69, 9.17) is 10.1 Å². The molecule has 2 aliphatic carbocycles. The van der Waals surface area contributed by atoms with E-state index < -0.39 is 0 Å². The van der Waals surface area contributed by atoms with Gasteiger partial charge in [0.25, 0.3) is 5.56 Å². The van der Waals surface area contributed by atoms with Crippen LogP contribution in [0.15, 0.2) is 4.79 Å². The molecule has 0 aliphatic heterocycles. The Balaban J connectivity index is 1.51. The molecule has 4 nitrogen and oxygen atoms in total. The number of nitrogens with zero attached hydrogens (tertiary/aromatic N) is 3. The molecule has 5 rings (SSSR count). The van der Waals surface area contributed by atoms with Crippen LogP contribution < -0.4 is 5.56 Å². The number of aryl methyl sites for hydroxylation is 2. The fourth-order valence-electron chi connectivity index (χ4n) is 4.64. The Labute approximate surface area is 161 Å². The average molecular weight is 388 g/mol. The molecule has 0 spiro atoms. The van der Waals surface area contributed by atoms with Crippen LogP contribution in [0, 0.1) is 5.92 Å². The molecule has 0 atom stereocenters. The maximum Gasteiger partial charge on any atom is 0.284 e. The third kappa shape index (κ3) is 3.01. The first-order valence-electron chi connectivity index (χ1n) is 10.1. The van der Waals surface area contributed by atoms with E-state index in [0.29, 0.717) is 0 Å². The average Bonchev–Trinajstić information content (AvgIpc) is 3.18. The van der Waals surface area contributed by atoms with Gasteiger partial charge in [-0.15, -0.1) is 11.3 Å². The van der Waals surface area contributed by atoms with Crippen LogP contribution in [0.1, 0.15) is 73.2 Å². The predicted molar refractivity (Wildman–Crippen MR) is 109 cm³/mol. The highest BCUT2D eigenvalue weighted by molar-refractivity contribution is 7.19. The number of hydrogen-bond acceptors (Lipinski definition) is 5. The molecule has 1 fully saturated rings. The minimum Gasteiger partial charge on any atom is -0.266 e. The van der Waals surface area contributed by atoms with Gasteiger partial charge in [0.2, 0.25) is 4.96 Å². The number of rotatable bonds is 2. The van der Waals surface area contributed by atoms with E-state index in [1.165, 1.54) is 68.2 Å². The normalized spacial score (nSPS) is 19.5. The molecule has 0 unspecified atom stereocenters. The van der Waals surface area contributed by atoms with Gasteiger partial charge >= 0.3 is 0 Å². The predicted octanol–water partition coefficient (Wildman–Crippen LogP) is 5.15. The molecule has 3 heterocycles. The van der Waals surface area contributed by atoms with Gasteiger partial charge in [0.05, 0.1) is 5.39 Å². The Kier molecular flexibility index (Phi) is 4.57. The van der Waals surface area contributed by atoms with Crippen LogP contribution >= 0.6 is 22.7 Å². The third-order valence-corrected chi connectivity index (χ3v) is 8.16. The number of aromatic nitrogens is 3. The standard InChI is InChI=1S/C20H25N3OS2/c24-19-17-14-10-6-7-11-15(14)25-18(17)21-20-23(19)22-16(26-20)12-13-8-4-2-1-3-5-9-13/h13H,1-12H2. The zero-order valence-corrected chi connectivity index (χ0v) is 16.8. The Morgan fingerprint density at radius 3 is 2.58 bits per heavy atom. The molecule has 1 saturated carbocycles. The molecular weight excluding hydrogens is 362 g/mol. The minimum atomic E-state index is 0.0598. The first-order valence-corrected chi connectivity index (χ1v) is 11.8. The van der Waals surface area contributed by atoms with Gasteiger partial charge in [0.1, 0.15) is 9.84 Å². The van der Waals surface area contributed by atoms with Gasteiger partial charge in [-0.1, -0.05) is 56.3 Å². The number of hydrogen-bond donors (Lipinski definition) is 0. The second-order valence-electron chi connectivity index (χ2n) is 7.91. The van der Waals surface area contributed by atoms with Crippen molar-refractivity contribution in [3.8, 4) is 0 Å². The zero-order chi connectivity index (χ0) is 17.5. The molecular formula is C20H25N3OS2.